The average Bonchev–Trinajstić information content (AvgIpc) is 3.24. The van der Waals surface area contributed by atoms with E-state index in [1.807, 2.05) is 11.3 Å². The number of rotatable bonds is 8. The lowest BCUT2D eigenvalue weighted by Gasteiger charge is -2.21. The van der Waals surface area contributed by atoms with Crippen LogP contribution in [0, 0.1) is 5.92 Å². The van der Waals surface area contributed by atoms with E-state index >= 15 is 0 Å². The molecule has 0 aliphatic heterocycles. The Bertz CT molecular complexity index is 328. The molecule has 3 heteroatoms. The topological polar surface area (TPSA) is 15.3 Å². The Labute approximate surface area is 108 Å². The van der Waals surface area contributed by atoms with Crippen LogP contribution in [0.4, 0.5) is 0 Å². The summed E-state index contributed by atoms with van der Waals surface area (Å²) in [5.41, 5.74) is 0. The summed E-state index contributed by atoms with van der Waals surface area (Å²) in [5, 5.41) is 5.72. The molecule has 2 aliphatic carbocycles. The van der Waals surface area contributed by atoms with Crippen LogP contribution in [-0.2, 0) is 6.54 Å². The Hall–Kier alpha value is -0.380. The van der Waals surface area contributed by atoms with Gasteiger partial charge < -0.3 is 5.32 Å². The van der Waals surface area contributed by atoms with Crippen LogP contribution in [0.1, 0.15) is 30.6 Å². The predicted octanol–water partition coefficient (Wildman–Crippen LogP) is 2.71. The van der Waals surface area contributed by atoms with Gasteiger partial charge in [0.1, 0.15) is 0 Å². The highest BCUT2D eigenvalue weighted by Gasteiger charge is 2.32. The zero-order valence-electron chi connectivity index (χ0n) is 10.4. The molecule has 1 aromatic heterocycles. The van der Waals surface area contributed by atoms with Gasteiger partial charge in [-0.1, -0.05) is 6.07 Å². The van der Waals surface area contributed by atoms with Crippen LogP contribution in [0.5, 0.6) is 0 Å². The smallest absolute Gasteiger partial charge is 0.0300 e. The molecule has 3 rings (SSSR count). The van der Waals surface area contributed by atoms with Crippen molar-refractivity contribution in [3.8, 4) is 0 Å². The van der Waals surface area contributed by atoms with E-state index < -0.39 is 0 Å². The fourth-order valence-electron chi connectivity index (χ4n) is 2.34. The molecule has 2 nitrogen and oxygen atoms in total. The van der Waals surface area contributed by atoms with Crippen molar-refractivity contribution in [3.05, 3.63) is 22.4 Å². The van der Waals surface area contributed by atoms with E-state index in [2.05, 4.69) is 27.7 Å². The largest absolute Gasteiger partial charge is 0.311 e. The van der Waals surface area contributed by atoms with Crippen LogP contribution < -0.4 is 5.32 Å². The van der Waals surface area contributed by atoms with Gasteiger partial charge in [-0.25, -0.2) is 0 Å². The summed E-state index contributed by atoms with van der Waals surface area (Å²) in [4.78, 5) is 4.17. The van der Waals surface area contributed by atoms with Gasteiger partial charge in [0, 0.05) is 37.1 Å². The van der Waals surface area contributed by atoms with Crippen molar-refractivity contribution < 1.29 is 0 Å². The monoisotopic (exact) mass is 250 g/mol. The zero-order valence-corrected chi connectivity index (χ0v) is 11.2. The number of thiophene rings is 1. The van der Waals surface area contributed by atoms with Crippen molar-refractivity contribution in [1.29, 1.82) is 0 Å². The summed E-state index contributed by atoms with van der Waals surface area (Å²) < 4.78 is 0. The number of hydrogen-bond acceptors (Lipinski definition) is 3. The van der Waals surface area contributed by atoms with Crippen LogP contribution in [0.25, 0.3) is 0 Å². The first-order valence-electron chi connectivity index (χ1n) is 6.89. The van der Waals surface area contributed by atoms with E-state index in [0.717, 1.165) is 25.0 Å². The number of nitrogens with zero attached hydrogens (tertiary/aromatic N) is 1. The SMILES string of the molecule is c1csc(CNCCN(CC2CC2)C2CC2)c1. The molecule has 2 saturated carbocycles. The van der Waals surface area contributed by atoms with Gasteiger partial charge in [-0.05, 0) is 43.0 Å². The van der Waals surface area contributed by atoms with Crippen LogP contribution in [-0.4, -0.2) is 30.6 Å². The first kappa shape index (κ1) is 11.7. The zero-order chi connectivity index (χ0) is 11.5. The summed E-state index contributed by atoms with van der Waals surface area (Å²) in [6.45, 7) is 4.79. The van der Waals surface area contributed by atoms with Crippen molar-refractivity contribution in [2.45, 2.75) is 38.3 Å². The van der Waals surface area contributed by atoms with E-state index in [-0.39, 0.29) is 0 Å². The Morgan fingerprint density at radius 1 is 1.29 bits per heavy atom. The summed E-state index contributed by atoms with van der Waals surface area (Å²) in [7, 11) is 0. The third kappa shape index (κ3) is 3.80. The second-order valence-electron chi connectivity index (χ2n) is 5.43. The molecule has 0 unspecified atom stereocenters. The van der Waals surface area contributed by atoms with Crippen molar-refractivity contribution in [3.63, 3.8) is 0 Å². The second kappa shape index (κ2) is 5.51. The van der Waals surface area contributed by atoms with Crippen LogP contribution in [0.3, 0.4) is 0 Å². The molecule has 0 radical (unpaired) electrons. The van der Waals surface area contributed by atoms with Crippen molar-refractivity contribution in [1.82, 2.24) is 10.2 Å². The standard InChI is InChI=1S/C14H22N2S/c1-2-14(17-9-1)10-15-7-8-16(13-5-6-13)11-12-3-4-12/h1-2,9,12-13,15H,3-8,10-11H2. The van der Waals surface area contributed by atoms with E-state index in [1.165, 1.54) is 43.6 Å². The normalized spacial score (nSPS) is 20.1. The van der Waals surface area contributed by atoms with E-state index in [4.69, 9.17) is 0 Å². The van der Waals surface area contributed by atoms with Gasteiger partial charge in [0.2, 0.25) is 0 Å². The van der Waals surface area contributed by atoms with E-state index in [0.29, 0.717) is 0 Å². The highest BCUT2D eigenvalue weighted by Crippen LogP contribution is 2.34. The number of hydrogen-bond donors (Lipinski definition) is 1. The molecule has 1 aromatic rings. The third-order valence-corrected chi connectivity index (χ3v) is 4.58. The minimum Gasteiger partial charge on any atom is -0.311 e. The predicted molar refractivity (Wildman–Crippen MR) is 73.3 cm³/mol. The molecular weight excluding hydrogens is 228 g/mol. The molecule has 0 aromatic carbocycles. The van der Waals surface area contributed by atoms with Gasteiger partial charge >= 0.3 is 0 Å². The molecule has 1 N–H and O–H groups in total. The molecule has 17 heavy (non-hydrogen) atoms. The molecule has 0 atom stereocenters. The van der Waals surface area contributed by atoms with Crippen LogP contribution in [0.15, 0.2) is 17.5 Å². The molecule has 0 saturated heterocycles. The lowest BCUT2D eigenvalue weighted by atomic mass is 10.3. The quantitative estimate of drug-likeness (QED) is 0.714. The van der Waals surface area contributed by atoms with Gasteiger partial charge in [0.05, 0.1) is 0 Å². The molecule has 0 spiro atoms. The molecule has 94 valence electrons. The molecule has 2 fully saturated rings. The van der Waals surface area contributed by atoms with Crippen molar-refractivity contribution >= 4 is 11.3 Å². The van der Waals surface area contributed by atoms with Gasteiger partial charge in [-0.3, -0.25) is 4.90 Å². The summed E-state index contributed by atoms with van der Waals surface area (Å²) in [5.74, 6) is 1.04. The fraction of sp³-hybridized carbons (Fsp3) is 0.714. The molecule has 1 heterocycles. The average molecular weight is 250 g/mol. The first-order valence-corrected chi connectivity index (χ1v) is 7.77. The maximum atomic E-state index is 3.56. The van der Waals surface area contributed by atoms with Crippen molar-refractivity contribution in [2.75, 3.05) is 19.6 Å². The summed E-state index contributed by atoms with van der Waals surface area (Å²) >= 11 is 1.84. The Morgan fingerprint density at radius 3 is 2.82 bits per heavy atom. The van der Waals surface area contributed by atoms with Gasteiger partial charge in [0.25, 0.3) is 0 Å². The molecular formula is C14H22N2S. The Morgan fingerprint density at radius 2 is 2.18 bits per heavy atom. The fourth-order valence-corrected chi connectivity index (χ4v) is 3.02. The maximum Gasteiger partial charge on any atom is 0.0300 e. The highest BCUT2D eigenvalue weighted by molar-refractivity contribution is 7.09. The number of nitrogens with one attached hydrogen (secondary N) is 1. The minimum absolute atomic E-state index is 0.930. The maximum absolute atomic E-state index is 3.56. The van der Waals surface area contributed by atoms with Crippen LogP contribution >= 0.6 is 11.3 Å². The minimum atomic E-state index is 0.930. The Balaban J connectivity index is 1.33. The Kier molecular flexibility index (Phi) is 3.79. The van der Waals surface area contributed by atoms with Gasteiger partial charge in [-0.2, -0.15) is 0 Å². The van der Waals surface area contributed by atoms with Gasteiger partial charge in [0.15, 0.2) is 0 Å². The van der Waals surface area contributed by atoms with Crippen molar-refractivity contribution in [2.24, 2.45) is 5.92 Å². The molecule has 2 aliphatic rings. The highest BCUT2D eigenvalue weighted by atomic mass is 32.1. The van der Waals surface area contributed by atoms with E-state index in [1.54, 1.807) is 0 Å². The summed E-state index contributed by atoms with van der Waals surface area (Å²) in [6, 6.07) is 5.27. The lowest BCUT2D eigenvalue weighted by molar-refractivity contribution is 0.252. The first-order chi connectivity index (χ1) is 8.42. The molecule has 0 bridgehead atoms. The second-order valence-corrected chi connectivity index (χ2v) is 6.46. The summed E-state index contributed by atoms with van der Waals surface area (Å²) in [6.07, 6.45) is 5.84. The molecule has 0 amide bonds. The third-order valence-electron chi connectivity index (χ3n) is 3.71. The lowest BCUT2D eigenvalue weighted by Crippen LogP contribution is -2.35. The van der Waals surface area contributed by atoms with Gasteiger partial charge in [-0.15, -0.1) is 11.3 Å². The van der Waals surface area contributed by atoms with Crippen LogP contribution in [0.2, 0.25) is 0 Å². The van der Waals surface area contributed by atoms with E-state index in [9.17, 15) is 0 Å².